The van der Waals surface area contributed by atoms with Crippen molar-refractivity contribution in [2.24, 2.45) is 0 Å². The summed E-state index contributed by atoms with van der Waals surface area (Å²) in [4.78, 5) is 0.549. The summed E-state index contributed by atoms with van der Waals surface area (Å²) in [5, 5.41) is 0. The molecule has 0 aliphatic carbocycles. The van der Waals surface area contributed by atoms with Crippen LogP contribution in [0.4, 0.5) is 0 Å². The molecule has 0 aliphatic heterocycles. The zero-order valence-electron chi connectivity index (χ0n) is 15.7. The van der Waals surface area contributed by atoms with Crippen molar-refractivity contribution < 1.29 is 11.0 Å². The van der Waals surface area contributed by atoms with Gasteiger partial charge in [-0.1, -0.05) is 36.3 Å². The van der Waals surface area contributed by atoms with E-state index in [1.54, 1.807) is 18.2 Å². The average molecular weight is 195 g/mol. The van der Waals surface area contributed by atoms with Crippen LogP contribution in [0.5, 0.6) is 0 Å². The molecule has 14 heavy (non-hydrogen) atoms. The second-order valence-electron chi connectivity index (χ2n) is 2.74. The van der Waals surface area contributed by atoms with E-state index in [2.05, 4.69) is 5.92 Å². The minimum absolute atomic E-state index is 0.0856. The van der Waals surface area contributed by atoms with Crippen LogP contribution in [0.15, 0.2) is 30.3 Å². The fourth-order valence-corrected chi connectivity index (χ4v) is 0.960. The number of likely N-dealkylation sites (N-methyl/N-ethyl adjacent to an activating group) is 1. The predicted molar refractivity (Wildman–Crippen MR) is 61.1 cm³/mol. The Morgan fingerprint density at radius 2 is 2.36 bits per heavy atom. The Morgan fingerprint density at radius 1 is 1.57 bits per heavy atom. The lowest BCUT2D eigenvalue weighted by molar-refractivity contribution is 0.287. The van der Waals surface area contributed by atoms with Crippen LogP contribution in [0.2, 0.25) is 0 Å². The first kappa shape index (κ1) is 4.08. The van der Waals surface area contributed by atoms with Crippen molar-refractivity contribution >= 4 is 0 Å². The van der Waals surface area contributed by atoms with Crippen molar-refractivity contribution in [2.45, 2.75) is 19.3 Å². The summed E-state index contributed by atoms with van der Waals surface area (Å²) in [5.74, 6) is 2.10. The summed E-state index contributed by atoms with van der Waals surface area (Å²) in [6.07, 6.45) is 2.72. The molecule has 0 saturated heterocycles. The number of nitrogens with zero attached hydrogens (tertiary/aromatic N) is 1. The van der Waals surface area contributed by atoms with Crippen LogP contribution in [0.25, 0.3) is 0 Å². The van der Waals surface area contributed by atoms with Gasteiger partial charge in [0.2, 0.25) is 0 Å². The highest BCUT2D eigenvalue weighted by Gasteiger charge is 2.07. The van der Waals surface area contributed by atoms with Gasteiger partial charge in [0.25, 0.3) is 0 Å². The smallest absolute Gasteiger partial charge is 0.0598 e. The molecular weight excluding hydrogens is 170 g/mol. The Morgan fingerprint density at radius 3 is 2.93 bits per heavy atom. The maximum absolute atomic E-state index is 8.22. The maximum Gasteiger partial charge on any atom is 0.0598 e. The molecule has 0 heterocycles. The fourth-order valence-electron chi connectivity index (χ4n) is 0.960. The third kappa shape index (κ3) is 3.24. The largest absolute Gasteiger partial charge is 0.292 e. The number of hydrogen-bond donors (Lipinski definition) is 0. The molecule has 0 aliphatic rings. The summed E-state index contributed by atoms with van der Waals surface area (Å²) in [7, 11) is 0. The van der Waals surface area contributed by atoms with Gasteiger partial charge in [-0.2, -0.15) is 0 Å². The number of benzene rings is 1. The van der Waals surface area contributed by atoms with E-state index in [4.69, 9.17) is 17.4 Å². The van der Waals surface area contributed by atoms with E-state index in [0.717, 1.165) is 0 Å². The molecule has 1 aromatic rings. The zero-order valence-corrected chi connectivity index (χ0v) is 7.70. The Hall–Kier alpha value is -1.26. The minimum atomic E-state index is -2.87. The van der Waals surface area contributed by atoms with Gasteiger partial charge in [-0.3, -0.25) is 4.90 Å². The van der Waals surface area contributed by atoms with Gasteiger partial charge < -0.3 is 0 Å². The summed E-state index contributed by atoms with van der Waals surface area (Å²) in [5.41, 5.74) is 0.0856. The van der Waals surface area contributed by atoms with Crippen LogP contribution in [-0.4, -0.2) is 24.5 Å². The van der Waals surface area contributed by atoms with Crippen LogP contribution in [0.1, 0.15) is 23.4 Å². The van der Waals surface area contributed by atoms with Gasteiger partial charge in [0, 0.05) is 17.0 Å². The molecule has 74 valence electrons. The molecule has 1 nitrogen and oxygen atoms in total. The summed E-state index contributed by atoms with van der Waals surface area (Å²) in [6, 6.07) is 5.73. The quantitative estimate of drug-likeness (QED) is 0.666. The highest BCUT2D eigenvalue weighted by molar-refractivity contribution is 5.15. The third-order valence-corrected chi connectivity index (χ3v) is 1.65. The molecule has 0 fully saturated rings. The molecule has 0 spiro atoms. The first-order valence-corrected chi connectivity index (χ1v) is 4.18. The Bertz CT molecular complexity index is 526. The van der Waals surface area contributed by atoms with E-state index in [1.807, 2.05) is 0 Å². The minimum Gasteiger partial charge on any atom is -0.292 e. The molecular formula is C13H17N. The number of rotatable bonds is 4. The summed E-state index contributed by atoms with van der Waals surface area (Å²) in [6.45, 7) is -6.19. The highest BCUT2D eigenvalue weighted by Crippen LogP contribution is 2.06. The molecule has 1 aromatic carbocycles. The lowest BCUT2D eigenvalue weighted by atomic mass is 10.1. The Kier molecular flexibility index (Phi) is 1.59. The molecule has 0 aromatic heterocycles. The van der Waals surface area contributed by atoms with Gasteiger partial charge in [0.1, 0.15) is 0 Å². The monoisotopic (exact) mass is 195 g/mol. The molecule has 1 rings (SSSR count). The first-order chi connectivity index (χ1) is 9.92. The van der Waals surface area contributed by atoms with E-state index in [-0.39, 0.29) is 5.56 Å². The first-order valence-electron chi connectivity index (χ1n) is 8.18. The predicted octanol–water partition coefficient (Wildman–Crippen LogP) is 2.18. The van der Waals surface area contributed by atoms with Crippen molar-refractivity contribution in [1.82, 2.24) is 4.90 Å². The van der Waals surface area contributed by atoms with E-state index >= 15 is 0 Å². The molecule has 1 heteroatoms. The molecule has 0 radical (unpaired) electrons. The zero-order chi connectivity index (χ0) is 17.2. The van der Waals surface area contributed by atoms with E-state index in [9.17, 15) is 0 Å². The molecule has 0 bridgehead atoms. The lowest BCUT2D eigenvalue weighted by Gasteiger charge is -2.22. The summed E-state index contributed by atoms with van der Waals surface area (Å²) >= 11 is 0. The molecule has 0 N–H and O–H groups in total. The van der Waals surface area contributed by atoms with E-state index in [0.29, 0.717) is 4.90 Å². The Labute approximate surface area is 98.0 Å². The van der Waals surface area contributed by atoms with Crippen molar-refractivity contribution in [2.75, 3.05) is 13.5 Å². The van der Waals surface area contributed by atoms with Gasteiger partial charge in [0.15, 0.2) is 0 Å². The van der Waals surface area contributed by atoms with E-state index in [1.165, 1.54) is 12.1 Å². The van der Waals surface area contributed by atoms with Crippen LogP contribution in [-0.2, 0) is 6.37 Å². The molecule has 0 saturated carbocycles. The van der Waals surface area contributed by atoms with Crippen molar-refractivity contribution in [3.8, 4) is 12.3 Å². The van der Waals surface area contributed by atoms with Crippen molar-refractivity contribution in [3.05, 3.63) is 35.9 Å². The van der Waals surface area contributed by atoms with E-state index < -0.39 is 32.8 Å². The number of hydrogen-bond acceptors (Lipinski definition) is 1. The second-order valence-corrected chi connectivity index (χ2v) is 2.74. The van der Waals surface area contributed by atoms with Crippen LogP contribution >= 0.6 is 0 Å². The fraction of sp³-hybridized carbons (Fsp3) is 0.385. The normalized spacial score (nSPS) is 23.7. The average Bonchev–Trinajstić information content (AvgIpc) is 2.36. The molecule has 0 amide bonds. The topological polar surface area (TPSA) is 3.24 Å². The van der Waals surface area contributed by atoms with Gasteiger partial charge in [-0.15, -0.1) is 6.42 Å². The van der Waals surface area contributed by atoms with Gasteiger partial charge in [-0.25, -0.2) is 0 Å². The molecule has 1 atom stereocenters. The van der Waals surface area contributed by atoms with Crippen molar-refractivity contribution in [1.29, 1.82) is 0 Å². The van der Waals surface area contributed by atoms with Crippen LogP contribution < -0.4 is 0 Å². The molecule has 0 unspecified atom stereocenters. The van der Waals surface area contributed by atoms with Crippen LogP contribution in [0.3, 0.4) is 0 Å². The van der Waals surface area contributed by atoms with Crippen molar-refractivity contribution in [3.63, 3.8) is 0 Å². The number of terminal acetylenes is 1. The SMILES string of the molecule is [2H]C([2H])([2H])[C@@H](N(CC#C)C([2H])([2H])[2H])C([2H])([2H])c1ccccc1. The van der Waals surface area contributed by atoms with Gasteiger partial charge in [-0.05, 0) is 25.8 Å². The second kappa shape index (κ2) is 5.47. The standard InChI is InChI=1S/C13H17N/c1-4-10-14(3)12(2)11-13-8-6-5-7-9-13/h1,5-9,12H,10-11H2,2-3H3/t12-/m1/s1/i2D3,3D3,11D2. The highest BCUT2D eigenvalue weighted by atomic mass is 15.1. The van der Waals surface area contributed by atoms with Gasteiger partial charge in [0.05, 0.1) is 6.54 Å². The maximum atomic E-state index is 8.22. The van der Waals surface area contributed by atoms with Gasteiger partial charge >= 0.3 is 0 Å². The Balaban J connectivity index is 3.44. The van der Waals surface area contributed by atoms with Crippen LogP contribution in [0, 0.1) is 12.3 Å². The third-order valence-electron chi connectivity index (χ3n) is 1.65. The summed E-state index contributed by atoms with van der Waals surface area (Å²) < 4.78 is 61.8. The lowest BCUT2D eigenvalue weighted by Crippen LogP contribution is -2.31.